The fourth-order valence-corrected chi connectivity index (χ4v) is 2.93. The van der Waals surface area contributed by atoms with Gasteiger partial charge in [0.1, 0.15) is 11.5 Å². The van der Waals surface area contributed by atoms with Crippen molar-refractivity contribution in [3.63, 3.8) is 0 Å². The van der Waals surface area contributed by atoms with E-state index in [1.54, 1.807) is 6.20 Å². The summed E-state index contributed by atoms with van der Waals surface area (Å²) < 4.78 is 0. The third-order valence-corrected chi connectivity index (χ3v) is 4.38. The molecule has 2 aromatic rings. The summed E-state index contributed by atoms with van der Waals surface area (Å²) in [7, 11) is 0. The Morgan fingerprint density at radius 1 is 1.29 bits per heavy atom. The van der Waals surface area contributed by atoms with Gasteiger partial charge in [-0.05, 0) is 30.5 Å². The Labute approximate surface area is 128 Å². The van der Waals surface area contributed by atoms with Gasteiger partial charge in [0.15, 0.2) is 6.29 Å². The van der Waals surface area contributed by atoms with Gasteiger partial charge in [-0.15, -0.1) is 0 Å². The van der Waals surface area contributed by atoms with Gasteiger partial charge in [0.05, 0.1) is 12.4 Å². The zero-order chi connectivity index (χ0) is 14.7. The first-order chi connectivity index (χ1) is 10.2. The summed E-state index contributed by atoms with van der Waals surface area (Å²) >= 11 is 6.11. The number of hydrogen-bond acceptors (Lipinski definition) is 4. The van der Waals surface area contributed by atoms with Crippen LogP contribution in [0.15, 0.2) is 36.7 Å². The fraction of sp³-hybridized carbons (Fsp3) is 0.312. The summed E-state index contributed by atoms with van der Waals surface area (Å²) in [4.78, 5) is 18.8. The molecule has 1 aliphatic carbocycles. The van der Waals surface area contributed by atoms with Crippen LogP contribution in [0.4, 0.5) is 5.82 Å². The van der Waals surface area contributed by atoms with Gasteiger partial charge in [-0.1, -0.05) is 30.2 Å². The van der Waals surface area contributed by atoms with Crippen LogP contribution in [0.1, 0.15) is 35.3 Å². The molecule has 0 aliphatic heterocycles. The number of benzene rings is 1. The number of carbonyl (C=O) groups excluding carboxylic acids is 1. The van der Waals surface area contributed by atoms with Crippen LogP contribution in [-0.2, 0) is 5.41 Å². The molecule has 0 radical (unpaired) electrons. The van der Waals surface area contributed by atoms with Crippen LogP contribution in [-0.4, -0.2) is 22.8 Å². The molecule has 0 amide bonds. The maximum absolute atomic E-state index is 10.6. The molecular formula is C16H16ClN3O. The largest absolute Gasteiger partial charge is 0.368 e. The Balaban J connectivity index is 1.73. The maximum atomic E-state index is 10.6. The van der Waals surface area contributed by atoms with Gasteiger partial charge < -0.3 is 5.32 Å². The number of nitrogens with zero attached hydrogens (tertiary/aromatic N) is 2. The molecular weight excluding hydrogens is 286 g/mol. The van der Waals surface area contributed by atoms with Crippen molar-refractivity contribution in [1.29, 1.82) is 0 Å². The summed E-state index contributed by atoms with van der Waals surface area (Å²) in [6.45, 7) is 0.794. The molecule has 0 atom stereocenters. The quantitative estimate of drug-likeness (QED) is 0.859. The number of halogens is 1. The molecule has 1 heterocycles. The standard InChI is InChI=1S/C16H16ClN3O/c17-13-4-1-3-12(7-13)16(5-2-6-16)11-20-15-9-18-14(10-21)8-19-15/h1,3-4,7-10H,2,5-6,11H2,(H,19,20). The molecule has 1 aromatic heterocycles. The molecule has 1 aromatic carbocycles. The lowest BCUT2D eigenvalue weighted by molar-refractivity contribution is 0.111. The SMILES string of the molecule is O=Cc1cnc(NCC2(c3cccc(Cl)c3)CCC2)cn1. The molecule has 1 saturated carbocycles. The van der Waals surface area contributed by atoms with Crippen molar-refractivity contribution < 1.29 is 4.79 Å². The molecule has 1 N–H and O–H groups in total. The minimum atomic E-state index is 0.121. The Bertz CT molecular complexity index is 638. The van der Waals surface area contributed by atoms with Crippen molar-refractivity contribution in [2.75, 3.05) is 11.9 Å². The van der Waals surface area contributed by atoms with E-state index in [1.165, 1.54) is 18.2 Å². The highest BCUT2D eigenvalue weighted by Crippen LogP contribution is 2.44. The van der Waals surface area contributed by atoms with Gasteiger partial charge in [0, 0.05) is 17.0 Å². The second kappa shape index (κ2) is 5.82. The first-order valence-electron chi connectivity index (χ1n) is 6.99. The van der Waals surface area contributed by atoms with Crippen LogP contribution < -0.4 is 5.32 Å². The number of carbonyl (C=O) groups is 1. The number of anilines is 1. The van der Waals surface area contributed by atoms with Crippen molar-refractivity contribution >= 4 is 23.7 Å². The summed E-state index contributed by atoms with van der Waals surface area (Å²) in [6.07, 6.45) is 7.26. The Morgan fingerprint density at radius 3 is 2.71 bits per heavy atom. The van der Waals surface area contributed by atoms with Gasteiger partial charge in [-0.2, -0.15) is 0 Å². The van der Waals surface area contributed by atoms with E-state index in [4.69, 9.17) is 11.6 Å². The second-order valence-corrected chi connectivity index (χ2v) is 5.88. The van der Waals surface area contributed by atoms with Crippen LogP contribution in [0.25, 0.3) is 0 Å². The molecule has 108 valence electrons. The topological polar surface area (TPSA) is 54.9 Å². The average Bonchev–Trinajstić information content (AvgIpc) is 2.47. The summed E-state index contributed by atoms with van der Waals surface area (Å²) in [5.41, 5.74) is 1.73. The number of nitrogens with one attached hydrogen (secondary N) is 1. The van der Waals surface area contributed by atoms with Crippen molar-refractivity contribution in [3.05, 3.63) is 52.9 Å². The summed E-state index contributed by atoms with van der Waals surface area (Å²) in [6, 6.07) is 8.07. The normalized spacial score (nSPS) is 16.0. The predicted octanol–water partition coefficient (Wildman–Crippen LogP) is 3.48. The Kier molecular flexibility index (Phi) is 3.88. The number of aromatic nitrogens is 2. The van der Waals surface area contributed by atoms with Crippen LogP contribution in [0.5, 0.6) is 0 Å². The highest BCUT2D eigenvalue weighted by atomic mass is 35.5. The van der Waals surface area contributed by atoms with Gasteiger partial charge in [-0.25, -0.2) is 9.97 Å². The van der Waals surface area contributed by atoms with Crippen LogP contribution in [0.3, 0.4) is 0 Å². The monoisotopic (exact) mass is 301 g/mol. The Morgan fingerprint density at radius 2 is 2.14 bits per heavy atom. The third-order valence-electron chi connectivity index (χ3n) is 4.15. The maximum Gasteiger partial charge on any atom is 0.170 e. The number of rotatable bonds is 5. The predicted molar refractivity (Wildman–Crippen MR) is 82.9 cm³/mol. The van der Waals surface area contributed by atoms with Gasteiger partial charge in [0.25, 0.3) is 0 Å². The smallest absolute Gasteiger partial charge is 0.170 e. The Hall–Kier alpha value is -1.94. The minimum Gasteiger partial charge on any atom is -0.368 e. The zero-order valence-electron chi connectivity index (χ0n) is 11.6. The van der Waals surface area contributed by atoms with Crippen molar-refractivity contribution in [1.82, 2.24) is 9.97 Å². The van der Waals surface area contributed by atoms with E-state index >= 15 is 0 Å². The summed E-state index contributed by atoms with van der Waals surface area (Å²) in [5, 5.41) is 4.10. The van der Waals surface area contributed by atoms with Crippen molar-refractivity contribution in [2.24, 2.45) is 0 Å². The van der Waals surface area contributed by atoms with Crippen LogP contribution in [0, 0.1) is 0 Å². The van der Waals surface area contributed by atoms with Crippen molar-refractivity contribution in [3.8, 4) is 0 Å². The third kappa shape index (κ3) is 2.90. The first kappa shape index (κ1) is 14.0. The highest BCUT2D eigenvalue weighted by molar-refractivity contribution is 6.30. The average molecular weight is 302 g/mol. The second-order valence-electron chi connectivity index (χ2n) is 5.44. The van der Waals surface area contributed by atoms with E-state index in [-0.39, 0.29) is 5.41 Å². The van der Waals surface area contributed by atoms with Gasteiger partial charge in [0.2, 0.25) is 0 Å². The zero-order valence-corrected chi connectivity index (χ0v) is 12.3. The molecule has 0 unspecified atom stereocenters. The molecule has 0 spiro atoms. The van der Waals surface area contributed by atoms with E-state index in [2.05, 4.69) is 21.4 Å². The number of hydrogen-bond donors (Lipinski definition) is 1. The van der Waals surface area contributed by atoms with Gasteiger partial charge >= 0.3 is 0 Å². The van der Waals surface area contributed by atoms with Crippen LogP contribution >= 0.6 is 11.6 Å². The molecule has 0 saturated heterocycles. The van der Waals surface area contributed by atoms with Crippen LogP contribution in [0.2, 0.25) is 5.02 Å². The lowest BCUT2D eigenvalue weighted by atomic mass is 9.64. The summed E-state index contributed by atoms with van der Waals surface area (Å²) in [5.74, 6) is 0.689. The molecule has 3 rings (SSSR count). The highest BCUT2D eigenvalue weighted by Gasteiger charge is 2.38. The molecule has 5 heteroatoms. The fourth-order valence-electron chi connectivity index (χ4n) is 2.74. The molecule has 1 fully saturated rings. The van der Waals surface area contributed by atoms with E-state index in [0.717, 1.165) is 24.4 Å². The molecule has 4 nitrogen and oxygen atoms in total. The van der Waals surface area contributed by atoms with Gasteiger partial charge in [-0.3, -0.25) is 4.79 Å². The van der Waals surface area contributed by atoms with E-state index in [9.17, 15) is 4.79 Å². The number of aldehydes is 1. The lowest BCUT2D eigenvalue weighted by Crippen LogP contribution is -2.41. The van der Waals surface area contributed by atoms with Crippen molar-refractivity contribution in [2.45, 2.75) is 24.7 Å². The van der Waals surface area contributed by atoms with E-state index in [0.29, 0.717) is 17.8 Å². The molecule has 21 heavy (non-hydrogen) atoms. The minimum absolute atomic E-state index is 0.121. The molecule has 1 aliphatic rings. The van der Waals surface area contributed by atoms with E-state index < -0.39 is 0 Å². The van der Waals surface area contributed by atoms with E-state index in [1.807, 2.05) is 18.2 Å². The molecule has 0 bridgehead atoms. The first-order valence-corrected chi connectivity index (χ1v) is 7.37. The lowest BCUT2D eigenvalue weighted by Gasteiger charge is -2.42.